The van der Waals surface area contributed by atoms with Crippen molar-refractivity contribution in [1.29, 1.82) is 0 Å². The number of benzene rings is 1. The number of urea groups is 1. The van der Waals surface area contributed by atoms with Crippen LogP contribution in [0.2, 0.25) is 0 Å². The Balaban J connectivity index is 1.40. The summed E-state index contributed by atoms with van der Waals surface area (Å²) in [5, 5.41) is 4.34. The molecule has 1 fully saturated rings. The highest BCUT2D eigenvalue weighted by Crippen LogP contribution is 2.17. The number of para-hydroxylation sites is 1. The molecule has 1 aromatic heterocycles. The van der Waals surface area contributed by atoms with Gasteiger partial charge in [-0.1, -0.05) is 18.2 Å². The molecule has 0 saturated carbocycles. The number of nitrogens with zero attached hydrogens (tertiary/aromatic N) is 3. The fraction of sp³-hybridized carbons (Fsp3) is 0.526. The van der Waals surface area contributed by atoms with Crippen LogP contribution in [-0.2, 0) is 6.54 Å². The van der Waals surface area contributed by atoms with E-state index in [0.717, 1.165) is 45.6 Å². The summed E-state index contributed by atoms with van der Waals surface area (Å²) in [6.07, 6.45) is 4.18. The molecular formula is C19H28N4O. The highest BCUT2D eigenvalue weighted by atomic mass is 16.2. The van der Waals surface area contributed by atoms with Crippen molar-refractivity contribution in [3.8, 4) is 0 Å². The molecule has 0 bridgehead atoms. The number of likely N-dealkylation sites (tertiary alicyclic amines) is 1. The van der Waals surface area contributed by atoms with Gasteiger partial charge in [-0.2, -0.15) is 0 Å². The van der Waals surface area contributed by atoms with Crippen LogP contribution in [0.15, 0.2) is 36.5 Å². The van der Waals surface area contributed by atoms with E-state index < -0.39 is 0 Å². The number of hydrogen-bond donors (Lipinski definition) is 1. The second-order valence-electron chi connectivity index (χ2n) is 7.02. The molecule has 1 atom stereocenters. The molecule has 1 saturated heterocycles. The number of aromatic nitrogens is 1. The average Bonchev–Trinajstić information content (AvgIpc) is 3.18. The van der Waals surface area contributed by atoms with Crippen LogP contribution in [-0.4, -0.2) is 60.7 Å². The molecule has 5 nitrogen and oxygen atoms in total. The largest absolute Gasteiger partial charge is 0.347 e. The van der Waals surface area contributed by atoms with Gasteiger partial charge in [0.15, 0.2) is 0 Å². The maximum atomic E-state index is 12.2. The first kappa shape index (κ1) is 16.8. The van der Waals surface area contributed by atoms with Gasteiger partial charge in [0.05, 0.1) is 0 Å². The van der Waals surface area contributed by atoms with Gasteiger partial charge < -0.3 is 19.7 Å². The molecule has 2 amide bonds. The molecule has 1 aromatic carbocycles. The number of nitrogens with one attached hydrogen (secondary N) is 1. The van der Waals surface area contributed by atoms with Gasteiger partial charge in [-0.15, -0.1) is 0 Å². The molecule has 130 valence electrons. The van der Waals surface area contributed by atoms with Crippen LogP contribution in [0.1, 0.15) is 12.8 Å². The van der Waals surface area contributed by atoms with Crippen molar-refractivity contribution in [2.24, 2.45) is 5.92 Å². The number of carbonyl (C=O) groups is 1. The highest BCUT2D eigenvalue weighted by Gasteiger charge is 2.26. The third-order valence-corrected chi connectivity index (χ3v) is 4.73. The lowest BCUT2D eigenvalue weighted by Crippen LogP contribution is -2.39. The third-order valence-electron chi connectivity index (χ3n) is 4.73. The minimum atomic E-state index is 0.0913. The van der Waals surface area contributed by atoms with Crippen molar-refractivity contribution in [3.63, 3.8) is 0 Å². The fourth-order valence-electron chi connectivity index (χ4n) is 3.57. The van der Waals surface area contributed by atoms with E-state index in [9.17, 15) is 4.79 Å². The summed E-state index contributed by atoms with van der Waals surface area (Å²) < 4.78 is 2.25. The van der Waals surface area contributed by atoms with Crippen LogP contribution in [0.4, 0.5) is 4.79 Å². The van der Waals surface area contributed by atoms with Gasteiger partial charge in [0.25, 0.3) is 0 Å². The first-order valence-electron chi connectivity index (χ1n) is 8.85. The Kier molecular flexibility index (Phi) is 5.41. The molecular weight excluding hydrogens is 300 g/mol. The average molecular weight is 328 g/mol. The van der Waals surface area contributed by atoms with Gasteiger partial charge in [0, 0.05) is 44.4 Å². The first-order valence-corrected chi connectivity index (χ1v) is 8.85. The SMILES string of the molecule is CN(C)CC1CCN(C(=O)NCCCn2ccc3ccccc32)C1. The quantitative estimate of drug-likeness (QED) is 0.828. The van der Waals surface area contributed by atoms with Crippen LogP contribution < -0.4 is 5.32 Å². The van der Waals surface area contributed by atoms with E-state index in [2.05, 4.69) is 65.4 Å². The first-order chi connectivity index (χ1) is 11.6. The minimum Gasteiger partial charge on any atom is -0.347 e. The van der Waals surface area contributed by atoms with Gasteiger partial charge in [-0.25, -0.2) is 4.79 Å². The lowest BCUT2D eigenvalue weighted by Gasteiger charge is -2.19. The van der Waals surface area contributed by atoms with Crippen molar-refractivity contribution in [3.05, 3.63) is 36.5 Å². The van der Waals surface area contributed by atoms with Crippen LogP contribution in [0, 0.1) is 5.92 Å². The number of rotatable bonds is 6. The van der Waals surface area contributed by atoms with E-state index in [1.54, 1.807) is 0 Å². The second kappa shape index (κ2) is 7.71. The van der Waals surface area contributed by atoms with Gasteiger partial charge in [-0.05, 0) is 50.4 Å². The number of aryl methyl sites for hydroxylation is 1. The van der Waals surface area contributed by atoms with E-state index >= 15 is 0 Å². The molecule has 2 heterocycles. The summed E-state index contributed by atoms with van der Waals surface area (Å²) in [5.74, 6) is 0.608. The standard InChI is InChI=1S/C19H28N4O/c1-21(2)14-16-8-12-23(15-16)19(24)20-10-5-11-22-13-9-17-6-3-4-7-18(17)22/h3-4,6-7,9,13,16H,5,8,10-12,14-15H2,1-2H3,(H,20,24). The highest BCUT2D eigenvalue weighted by molar-refractivity contribution is 5.79. The summed E-state index contributed by atoms with van der Waals surface area (Å²) in [7, 11) is 4.18. The van der Waals surface area contributed by atoms with Gasteiger partial charge in [0.1, 0.15) is 0 Å². The molecule has 2 aromatic rings. The normalized spacial score (nSPS) is 17.8. The van der Waals surface area contributed by atoms with E-state index in [1.165, 1.54) is 10.9 Å². The summed E-state index contributed by atoms with van der Waals surface area (Å²) in [6, 6.07) is 10.6. The zero-order valence-corrected chi connectivity index (χ0v) is 14.7. The summed E-state index contributed by atoms with van der Waals surface area (Å²) in [5.41, 5.74) is 1.26. The number of amides is 2. The Labute approximate surface area is 144 Å². The lowest BCUT2D eigenvalue weighted by molar-refractivity contribution is 0.205. The van der Waals surface area contributed by atoms with Crippen LogP contribution in [0.3, 0.4) is 0 Å². The number of fused-ring (bicyclic) bond motifs is 1. The van der Waals surface area contributed by atoms with Gasteiger partial charge in [-0.3, -0.25) is 0 Å². The third kappa shape index (κ3) is 4.09. The summed E-state index contributed by atoms with van der Waals surface area (Å²) >= 11 is 0. The molecule has 1 N–H and O–H groups in total. The lowest BCUT2D eigenvalue weighted by atomic mass is 10.1. The zero-order chi connectivity index (χ0) is 16.9. The topological polar surface area (TPSA) is 40.5 Å². The van der Waals surface area contributed by atoms with Crippen LogP contribution in [0.25, 0.3) is 10.9 Å². The number of carbonyl (C=O) groups excluding carboxylic acids is 1. The van der Waals surface area contributed by atoms with E-state index in [1.807, 2.05) is 4.90 Å². The maximum absolute atomic E-state index is 12.2. The Hall–Kier alpha value is -2.01. The van der Waals surface area contributed by atoms with Crippen molar-refractivity contribution in [2.75, 3.05) is 40.3 Å². The Morgan fingerprint density at radius 3 is 2.96 bits per heavy atom. The smallest absolute Gasteiger partial charge is 0.317 e. The van der Waals surface area contributed by atoms with Crippen LogP contribution in [0.5, 0.6) is 0 Å². The van der Waals surface area contributed by atoms with E-state index in [-0.39, 0.29) is 6.03 Å². The van der Waals surface area contributed by atoms with Crippen molar-refractivity contribution in [1.82, 2.24) is 19.7 Å². The molecule has 1 unspecified atom stereocenters. The maximum Gasteiger partial charge on any atom is 0.317 e. The molecule has 24 heavy (non-hydrogen) atoms. The van der Waals surface area contributed by atoms with E-state index in [4.69, 9.17) is 0 Å². The fourth-order valence-corrected chi connectivity index (χ4v) is 3.57. The molecule has 0 radical (unpaired) electrons. The van der Waals surface area contributed by atoms with Crippen molar-refractivity contribution < 1.29 is 4.79 Å². The molecule has 0 spiro atoms. The minimum absolute atomic E-state index is 0.0913. The van der Waals surface area contributed by atoms with Gasteiger partial charge >= 0.3 is 6.03 Å². The molecule has 5 heteroatoms. The predicted molar refractivity (Wildman–Crippen MR) is 98.2 cm³/mol. The molecule has 3 rings (SSSR count). The Morgan fingerprint density at radius 1 is 1.29 bits per heavy atom. The van der Waals surface area contributed by atoms with Crippen LogP contribution >= 0.6 is 0 Å². The van der Waals surface area contributed by atoms with Crippen molar-refractivity contribution >= 4 is 16.9 Å². The zero-order valence-electron chi connectivity index (χ0n) is 14.7. The van der Waals surface area contributed by atoms with E-state index in [0.29, 0.717) is 5.92 Å². The van der Waals surface area contributed by atoms with Crippen molar-refractivity contribution in [2.45, 2.75) is 19.4 Å². The molecule has 1 aliphatic rings. The molecule has 1 aliphatic heterocycles. The predicted octanol–water partition coefficient (Wildman–Crippen LogP) is 2.62. The summed E-state index contributed by atoms with van der Waals surface area (Å²) in [6.45, 7) is 4.47. The summed E-state index contributed by atoms with van der Waals surface area (Å²) in [4.78, 5) is 16.4. The monoisotopic (exact) mass is 328 g/mol. The Morgan fingerprint density at radius 2 is 2.12 bits per heavy atom. The molecule has 0 aliphatic carbocycles. The number of hydrogen-bond acceptors (Lipinski definition) is 2. The second-order valence-corrected chi connectivity index (χ2v) is 7.02. The van der Waals surface area contributed by atoms with Gasteiger partial charge in [0.2, 0.25) is 0 Å². The Bertz CT molecular complexity index is 679.